The van der Waals surface area contributed by atoms with E-state index >= 15 is 0 Å². The van der Waals surface area contributed by atoms with E-state index in [0.717, 1.165) is 10.5 Å². The number of nitrogens with one attached hydrogen (secondary N) is 3. The molecule has 1 aliphatic heterocycles. The van der Waals surface area contributed by atoms with Gasteiger partial charge in [0.2, 0.25) is 5.91 Å². The maximum absolute atomic E-state index is 12.8. The molecule has 9 heteroatoms. The van der Waals surface area contributed by atoms with Gasteiger partial charge in [0.25, 0.3) is 5.91 Å². The van der Waals surface area contributed by atoms with Gasteiger partial charge in [0.05, 0.1) is 12.8 Å². The largest absolute Gasteiger partial charge is 0.467 e. The lowest BCUT2D eigenvalue weighted by atomic mass is 9.91. The molecule has 2 aromatic rings. The Kier molecular flexibility index (Phi) is 5.16. The molecular formula is C19H20N4O5. The summed E-state index contributed by atoms with van der Waals surface area (Å²) >= 11 is 0. The van der Waals surface area contributed by atoms with Crippen molar-refractivity contribution in [3.05, 3.63) is 59.5 Å². The van der Waals surface area contributed by atoms with Crippen LogP contribution in [-0.2, 0) is 21.7 Å². The monoisotopic (exact) mass is 384 g/mol. The van der Waals surface area contributed by atoms with E-state index in [1.165, 1.54) is 6.26 Å². The second kappa shape index (κ2) is 7.55. The molecule has 2 heterocycles. The highest BCUT2D eigenvalue weighted by molar-refractivity contribution is 6.10. The average Bonchev–Trinajstić information content (AvgIpc) is 3.24. The van der Waals surface area contributed by atoms with Gasteiger partial charge in [-0.1, -0.05) is 29.8 Å². The van der Waals surface area contributed by atoms with Crippen molar-refractivity contribution in [2.24, 2.45) is 0 Å². The highest BCUT2D eigenvalue weighted by Gasteiger charge is 2.49. The molecule has 0 bridgehead atoms. The summed E-state index contributed by atoms with van der Waals surface area (Å²) in [7, 11) is 0. The van der Waals surface area contributed by atoms with E-state index in [0.29, 0.717) is 11.3 Å². The average molecular weight is 384 g/mol. The predicted octanol–water partition coefficient (Wildman–Crippen LogP) is 1.38. The topological polar surface area (TPSA) is 121 Å². The third-order valence-electron chi connectivity index (χ3n) is 4.46. The van der Waals surface area contributed by atoms with Gasteiger partial charge in [0, 0.05) is 0 Å². The molecule has 1 saturated heterocycles. The zero-order valence-electron chi connectivity index (χ0n) is 15.4. The number of hydrogen-bond acceptors (Lipinski definition) is 5. The minimum absolute atomic E-state index is 0.0980. The molecule has 1 aromatic heterocycles. The fourth-order valence-electron chi connectivity index (χ4n) is 2.86. The second-order valence-corrected chi connectivity index (χ2v) is 6.62. The quantitative estimate of drug-likeness (QED) is 0.673. The summed E-state index contributed by atoms with van der Waals surface area (Å²) < 4.78 is 5.06. The maximum Gasteiger partial charge on any atom is 0.325 e. The summed E-state index contributed by atoms with van der Waals surface area (Å²) in [5.74, 6) is -0.827. The van der Waals surface area contributed by atoms with Gasteiger partial charge in [-0.2, -0.15) is 0 Å². The van der Waals surface area contributed by atoms with Crippen LogP contribution < -0.4 is 16.0 Å². The Labute approximate surface area is 161 Å². The number of rotatable bonds is 5. The zero-order valence-corrected chi connectivity index (χ0v) is 15.4. The van der Waals surface area contributed by atoms with Crippen molar-refractivity contribution < 1.29 is 23.6 Å². The molecule has 6 amide bonds. The van der Waals surface area contributed by atoms with Crippen molar-refractivity contribution in [2.45, 2.75) is 25.9 Å². The molecule has 0 saturated carbocycles. The van der Waals surface area contributed by atoms with Crippen molar-refractivity contribution >= 4 is 23.9 Å². The Hall–Kier alpha value is -3.62. The molecule has 1 aromatic carbocycles. The molecule has 28 heavy (non-hydrogen) atoms. The number of urea groups is 2. The van der Waals surface area contributed by atoms with Gasteiger partial charge in [-0.3, -0.25) is 19.8 Å². The van der Waals surface area contributed by atoms with Gasteiger partial charge in [-0.05, 0) is 31.5 Å². The number of carbonyl (C=O) groups is 4. The van der Waals surface area contributed by atoms with E-state index in [-0.39, 0.29) is 6.54 Å². The molecule has 0 spiro atoms. The first-order valence-corrected chi connectivity index (χ1v) is 8.61. The van der Waals surface area contributed by atoms with Crippen LogP contribution in [0.4, 0.5) is 9.59 Å². The van der Waals surface area contributed by atoms with Crippen molar-refractivity contribution in [3.63, 3.8) is 0 Å². The first-order valence-electron chi connectivity index (χ1n) is 8.61. The molecule has 1 atom stereocenters. The van der Waals surface area contributed by atoms with Crippen LogP contribution in [0.2, 0.25) is 0 Å². The van der Waals surface area contributed by atoms with Gasteiger partial charge >= 0.3 is 12.1 Å². The number of amides is 6. The fourth-order valence-corrected chi connectivity index (χ4v) is 2.86. The van der Waals surface area contributed by atoms with Crippen LogP contribution in [0, 0.1) is 6.92 Å². The molecule has 3 N–H and O–H groups in total. The number of benzene rings is 1. The van der Waals surface area contributed by atoms with Gasteiger partial charge in [-0.25, -0.2) is 9.59 Å². The predicted molar refractivity (Wildman–Crippen MR) is 97.9 cm³/mol. The Morgan fingerprint density at radius 3 is 2.54 bits per heavy atom. The third-order valence-corrected chi connectivity index (χ3v) is 4.46. The molecule has 3 rings (SSSR count). The first kappa shape index (κ1) is 19.2. The number of hydrogen-bond donors (Lipinski definition) is 3. The minimum atomic E-state index is -1.27. The lowest BCUT2D eigenvalue weighted by Crippen LogP contribution is -2.46. The van der Waals surface area contributed by atoms with E-state index in [4.69, 9.17) is 4.42 Å². The summed E-state index contributed by atoms with van der Waals surface area (Å²) in [5, 5.41) is 7.14. The standard InChI is InChI=1S/C19H20N4O5/c1-12-5-7-13(8-6-12)19(2)16(25)23(18(27)22-19)11-15(24)21-17(26)20-10-14-4-3-9-28-14/h3-9H,10-11H2,1-2H3,(H,22,27)(H2,20,21,24,26)/t19-/m1/s1. The van der Waals surface area contributed by atoms with Crippen LogP contribution in [0.15, 0.2) is 47.1 Å². The van der Waals surface area contributed by atoms with Gasteiger partial charge in [-0.15, -0.1) is 0 Å². The first-order chi connectivity index (χ1) is 13.3. The van der Waals surface area contributed by atoms with Crippen LogP contribution in [0.3, 0.4) is 0 Å². The summed E-state index contributed by atoms with van der Waals surface area (Å²) in [6.45, 7) is 3.02. The lowest BCUT2D eigenvalue weighted by Gasteiger charge is -2.22. The maximum atomic E-state index is 12.8. The van der Waals surface area contributed by atoms with E-state index < -0.39 is 36.0 Å². The van der Waals surface area contributed by atoms with E-state index in [1.54, 1.807) is 31.2 Å². The minimum Gasteiger partial charge on any atom is -0.467 e. The Balaban J connectivity index is 1.59. The van der Waals surface area contributed by atoms with Crippen molar-refractivity contribution in [1.29, 1.82) is 0 Å². The molecular weight excluding hydrogens is 364 g/mol. The van der Waals surface area contributed by atoms with Gasteiger partial charge in [0.15, 0.2) is 0 Å². The smallest absolute Gasteiger partial charge is 0.325 e. The Morgan fingerprint density at radius 1 is 1.18 bits per heavy atom. The number of carbonyl (C=O) groups excluding carboxylic acids is 4. The van der Waals surface area contributed by atoms with Crippen LogP contribution in [0.1, 0.15) is 23.8 Å². The molecule has 1 aliphatic rings. The third kappa shape index (κ3) is 3.88. The summed E-state index contributed by atoms with van der Waals surface area (Å²) in [6.07, 6.45) is 1.46. The van der Waals surface area contributed by atoms with Gasteiger partial charge in [0.1, 0.15) is 17.8 Å². The highest BCUT2D eigenvalue weighted by atomic mass is 16.3. The Morgan fingerprint density at radius 2 is 1.89 bits per heavy atom. The highest BCUT2D eigenvalue weighted by Crippen LogP contribution is 2.28. The normalized spacial score (nSPS) is 18.7. The summed E-state index contributed by atoms with van der Waals surface area (Å²) in [6, 6.07) is 9.05. The zero-order chi connectivity index (χ0) is 20.3. The SMILES string of the molecule is Cc1ccc([C@@]2(C)NC(=O)N(CC(=O)NC(=O)NCc3ccco3)C2=O)cc1. The van der Waals surface area contributed by atoms with Crippen LogP contribution in [-0.4, -0.2) is 35.3 Å². The summed E-state index contributed by atoms with van der Waals surface area (Å²) in [5.41, 5.74) is 0.351. The summed E-state index contributed by atoms with van der Waals surface area (Å²) in [4.78, 5) is 49.7. The molecule has 0 radical (unpaired) electrons. The Bertz CT molecular complexity index is 907. The van der Waals surface area contributed by atoms with E-state index in [9.17, 15) is 19.2 Å². The van der Waals surface area contributed by atoms with Crippen molar-refractivity contribution in [3.8, 4) is 0 Å². The van der Waals surface area contributed by atoms with Crippen LogP contribution >= 0.6 is 0 Å². The number of aryl methyl sites for hydroxylation is 1. The molecule has 9 nitrogen and oxygen atoms in total. The lowest BCUT2D eigenvalue weighted by molar-refractivity contribution is -0.134. The fraction of sp³-hybridized carbons (Fsp3) is 0.263. The molecule has 1 fully saturated rings. The number of nitrogens with zero attached hydrogens (tertiary/aromatic N) is 1. The molecule has 0 unspecified atom stereocenters. The molecule has 0 aliphatic carbocycles. The van der Waals surface area contributed by atoms with E-state index in [2.05, 4.69) is 16.0 Å². The van der Waals surface area contributed by atoms with E-state index in [1.807, 2.05) is 19.1 Å². The van der Waals surface area contributed by atoms with Crippen LogP contribution in [0.25, 0.3) is 0 Å². The van der Waals surface area contributed by atoms with Gasteiger partial charge < -0.3 is 15.1 Å². The second-order valence-electron chi connectivity index (χ2n) is 6.62. The molecule has 146 valence electrons. The van der Waals surface area contributed by atoms with Crippen molar-refractivity contribution in [1.82, 2.24) is 20.9 Å². The van der Waals surface area contributed by atoms with Crippen molar-refractivity contribution in [2.75, 3.05) is 6.54 Å². The number of furan rings is 1. The van der Waals surface area contributed by atoms with Crippen LogP contribution in [0.5, 0.6) is 0 Å². The number of imide groups is 2.